The highest BCUT2D eigenvalue weighted by Crippen LogP contribution is 2.43. The Morgan fingerprint density at radius 3 is 1.50 bits per heavy atom. The third-order valence-electron chi connectivity index (χ3n) is 8.91. The number of rotatable bonds is 40. The van der Waals surface area contributed by atoms with Crippen LogP contribution in [0.15, 0.2) is 60.8 Å². The summed E-state index contributed by atoms with van der Waals surface area (Å²) in [7, 11) is -4.63. The van der Waals surface area contributed by atoms with Gasteiger partial charge in [-0.25, -0.2) is 4.57 Å². The summed E-state index contributed by atoms with van der Waals surface area (Å²) in [6.45, 7) is 2.22. The summed E-state index contributed by atoms with van der Waals surface area (Å²) in [6, 6.07) is 0. The van der Waals surface area contributed by atoms with Crippen LogP contribution in [-0.4, -0.2) is 65.7 Å². The van der Waals surface area contributed by atoms with E-state index in [0.29, 0.717) is 12.8 Å². The summed E-state index contributed by atoms with van der Waals surface area (Å²) in [5.41, 5.74) is 0. The van der Waals surface area contributed by atoms with Gasteiger partial charge in [0, 0.05) is 12.8 Å². The van der Waals surface area contributed by atoms with E-state index in [1.807, 2.05) is 0 Å². The number of aliphatic hydroxyl groups excluding tert-OH is 2. The van der Waals surface area contributed by atoms with E-state index in [9.17, 15) is 24.2 Å². The second-order valence-electron chi connectivity index (χ2n) is 14.3. The molecule has 3 atom stereocenters. The van der Waals surface area contributed by atoms with Crippen molar-refractivity contribution in [3.8, 4) is 0 Å². The fourth-order valence-corrected chi connectivity index (χ4v) is 6.36. The lowest BCUT2D eigenvalue weighted by molar-refractivity contribution is -0.161. The predicted octanol–water partition coefficient (Wildman–Crippen LogP) is 11.5. The van der Waals surface area contributed by atoms with E-state index in [1.54, 1.807) is 0 Å². The molecule has 11 heteroatoms. The third-order valence-corrected chi connectivity index (χ3v) is 9.86. The van der Waals surface area contributed by atoms with E-state index in [2.05, 4.69) is 79.1 Å². The second-order valence-corrected chi connectivity index (χ2v) is 15.8. The fraction of sp³-hybridized carbons (Fsp3) is 0.733. The highest BCUT2D eigenvalue weighted by atomic mass is 31.2. The number of phosphoric ester groups is 1. The molecule has 0 aromatic rings. The zero-order valence-corrected chi connectivity index (χ0v) is 36.0. The van der Waals surface area contributed by atoms with Gasteiger partial charge in [-0.15, -0.1) is 0 Å². The van der Waals surface area contributed by atoms with E-state index in [4.69, 9.17) is 19.1 Å². The zero-order chi connectivity index (χ0) is 41.2. The first kappa shape index (κ1) is 53.7. The number of hydrogen-bond acceptors (Lipinski definition) is 9. The Bertz CT molecular complexity index is 1120. The molecule has 0 aromatic heterocycles. The smallest absolute Gasteiger partial charge is 0.462 e. The van der Waals surface area contributed by atoms with Crippen molar-refractivity contribution in [2.24, 2.45) is 0 Å². The molecule has 0 bridgehead atoms. The number of ether oxygens (including phenoxy) is 2. The molecule has 0 saturated carbocycles. The van der Waals surface area contributed by atoms with E-state index in [-0.39, 0.29) is 19.4 Å². The van der Waals surface area contributed by atoms with Gasteiger partial charge in [0.1, 0.15) is 12.7 Å². The Morgan fingerprint density at radius 2 is 0.982 bits per heavy atom. The average molecular weight is 811 g/mol. The lowest BCUT2D eigenvalue weighted by atomic mass is 10.1. The van der Waals surface area contributed by atoms with Crippen molar-refractivity contribution in [3.63, 3.8) is 0 Å². The molecule has 3 unspecified atom stereocenters. The molecule has 0 fully saturated rings. The van der Waals surface area contributed by atoms with Crippen LogP contribution < -0.4 is 0 Å². The van der Waals surface area contributed by atoms with Crippen molar-refractivity contribution in [3.05, 3.63) is 60.8 Å². The molecule has 0 aliphatic carbocycles. The molecular weight excluding hydrogens is 731 g/mol. The lowest BCUT2D eigenvalue weighted by Gasteiger charge is -2.20. The molecule has 0 radical (unpaired) electrons. The van der Waals surface area contributed by atoms with Crippen molar-refractivity contribution in [1.29, 1.82) is 0 Å². The standard InChI is InChI=1S/C45H79O10P/c1-3-5-7-9-11-13-15-17-19-21-23-25-27-29-31-33-35-37-45(49)55-43(41-54-56(50,51)53-39-42(47)38-46)40-52-44(48)36-34-32-30-28-26-24-22-20-18-16-14-12-10-8-6-4-2/h5,7,11,13,17,19-20,22-23,25,42-43,46-47H,3-4,6,8-10,12,14-16,18,21,24,26-41H2,1-2H3,(H,50,51)/b7-5-,13-11-,19-17-,22-20-,25-23-. The number of hydrogen-bond donors (Lipinski definition) is 3. The van der Waals surface area contributed by atoms with Crippen LogP contribution in [0.5, 0.6) is 0 Å². The number of phosphoric acid groups is 1. The highest BCUT2D eigenvalue weighted by Gasteiger charge is 2.27. The maximum atomic E-state index is 12.6. The first-order valence-corrected chi connectivity index (χ1v) is 23.2. The van der Waals surface area contributed by atoms with E-state index in [1.165, 1.54) is 44.9 Å². The first-order valence-electron chi connectivity index (χ1n) is 21.7. The molecule has 0 rings (SSSR count). The molecular formula is C45H79O10P. The van der Waals surface area contributed by atoms with E-state index in [0.717, 1.165) is 89.9 Å². The van der Waals surface area contributed by atoms with Crippen LogP contribution in [0.2, 0.25) is 0 Å². The Kier molecular flexibility index (Phi) is 39.2. The summed E-state index contributed by atoms with van der Waals surface area (Å²) in [5, 5.41) is 18.3. The number of carbonyl (C=O) groups excluding carboxylic acids is 2. The van der Waals surface area contributed by atoms with Gasteiger partial charge in [0.2, 0.25) is 0 Å². The van der Waals surface area contributed by atoms with Crippen LogP contribution in [0, 0.1) is 0 Å². The van der Waals surface area contributed by atoms with Gasteiger partial charge in [0.05, 0.1) is 19.8 Å². The third kappa shape index (κ3) is 39.9. The van der Waals surface area contributed by atoms with Crippen LogP contribution in [0.3, 0.4) is 0 Å². The monoisotopic (exact) mass is 811 g/mol. The molecule has 0 spiro atoms. The molecule has 324 valence electrons. The lowest BCUT2D eigenvalue weighted by Crippen LogP contribution is -2.29. The minimum absolute atomic E-state index is 0.152. The van der Waals surface area contributed by atoms with Crippen LogP contribution in [0.4, 0.5) is 0 Å². The summed E-state index contributed by atoms with van der Waals surface area (Å²) in [6.07, 6.45) is 44.7. The number of esters is 2. The Morgan fingerprint density at radius 1 is 0.554 bits per heavy atom. The Labute approximate surface area is 340 Å². The molecule has 0 aromatic carbocycles. The molecule has 0 aliphatic rings. The predicted molar refractivity (Wildman–Crippen MR) is 228 cm³/mol. The van der Waals surface area contributed by atoms with E-state index >= 15 is 0 Å². The first-order chi connectivity index (χ1) is 27.2. The molecule has 0 amide bonds. The van der Waals surface area contributed by atoms with Gasteiger partial charge in [0.25, 0.3) is 0 Å². The molecule has 10 nitrogen and oxygen atoms in total. The SMILES string of the molecule is CC/C=C\C/C=C\C/C=C\C/C=C\CCCCCCC(=O)OC(COC(=O)CCCCCCC/C=C\CCCCCCCCC)COP(=O)(O)OCC(O)CO. The zero-order valence-electron chi connectivity index (χ0n) is 35.1. The van der Waals surface area contributed by atoms with Crippen molar-refractivity contribution in [2.75, 3.05) is 26.4 Å². The minimum Gasteiger partial charge on any atom is -0.462 e. The van der Waals surface area contributed by atoms with Crippen molar-refractivity contribution in [1.82, 2.24) is 0 Å². The maximum absolute atomic E-state index is 12.6. The van der Waals surface area contributed by atoms with Gasteiger partial charge < -0.3 is 24.6 Å². The van der Waals surface area contributed by atoms with Crippen LogP contribution in [0.1, 0.15) is 174 Å². The van der Waals surface area contributed by atoms with Crippen molar-refractivity contribution >= 4 is 19.8 Å². The molecule has 56 heavy (non-hydrogen) atoms. The van der Waals surface area contributed by atoms with Gasteiger partial charge in [0.15, 0.2) is 6.10 Å². The number of unbranched alkanes of at least 4 members (excludes halogenated alkanes) is 16. The maximum Gasteiger partial charge on any atom is 0.472 e. The topological polar surface area (TPSA) is 149 Å². The van der Waals surface area contributed by atoms with Crippen LogP contribution >= 0.6 is 7.82 Å². The van der Waals surface area contributed by atoms with Crippen LogP contribution in [-0.2, 0) is 32.7 Å². The summed E-state index contributed by atoms with van der Waals surface area (Å²) < 4.78 is 32.7. The summed E-state index contributed by atoms with van der Waals surface area (Å²) in [4.78, 5) is 35.0. The molecule has 0 saturated heterocycles. The Hall–Kier alpha value is -2.33. The molecule has 0 heterocycles. The van der Waals surface area contributed by atoms with Crippen molar-refractivity contribution < 1.29 is 47.8 Å². The highest BCUT2D eigenvalue weighted by molar-refractivity contribution is 7.47. The average Bonchev–Trinajstić information content (AvgIpc) is 3.19. The van der Waals surface area contributed by atoms with E-state index < -0.39 is 51.8 Å². The number of aliphatic hydroxyl groups is 2. The summed E-state index contributed by atoms with van der Waals surface area (Å²) in [5.74, 6) is -0.965. The fourth-order valence-electron chi connectivity index (χ4n) is 5.57. The molecule has 3 N–H and O–H groups in total. The van der Waals surface area contributed by atoms with Gasteiger partial charge in [-0.1, -0.05) is 145 Å². The number of allylic oxidation sites excluding steroid dienone is 10. The quantitative estimate of drug-likeness (QED) is 0.0236. The van der Waals surface area contributed by atoms with Gasteiger partial charge >= 0.3 is 19.8 Å². The Balaban J connectivity index is 4.36. The van der Waals surface area contributed by atoms with Gasteiger partial charge in [-0.3, -0.25) is 18.6 Å². The normalized spacial score (nSPS) is 14.4. The van der Waals surface area contributed by atoms with Gasteiger partial charge in [-0.05, 0) is 77.0 Å². The summed E-state index contributed by atoms with van der Waals surface area (Å²) >= 11 is 0. The number of carbonyl (C=O) groups is 2. The largest absolute Gasteiger partial charge is 0.472 e. The van der Waals surface area contributed by atoms with Crippen LogP contribution in [0.25, 0.3) is 0 Å². The van der Waals surface area contributed by atoms with Crippen molar-refractivity contribution in [2.45, 2.75) is 187 Å². The minimum atomic E-state index is -4.63. The van der Waals surface area contributed by atoms with Gasteiger partial charge in [-0.2, -0.15) is 0 Å². The second kappa shape index (κ2) is 40.9. The molecule has 0 aliphatic heterocycles.